The highest BCUT2D eigenvalue weighted by Gasteiger charge is 2.22. The molecule has 1 heterocycles. The van der Waals surface area contributed by atoms with Crippen molar-refractivity contribution in [1.29, 1.82) is 0 Å². The molecule has 0 bridgehead atoms. The van der Waals surface area contributed by atoms with E-state index in [2.05, 4.69) is 11.9 Å². The monoisotopic (exact) mass is 248 g/mol. The maximum Gasteiger partial charge on any atom is 0.213 e. The first kappa shape index (κ1) is 13.3. The molecule has 1 saturated carbocycles. The Hall–Kier alpha value is -1.09. The lowest BCUT2D eigenvalue weighted by molar-refractivity contribution is 0.117. The summed E-state index contributed by atoms with van der Waals surface area (Å²) < 4.78 is 6.01. The van der Waals surface area contributed by atoms with Crippen LogP contribution in [0, 0.1) is 5.92 Å². The van der Waals surface area contributed by atoms with Gasteiger partial charge < -0.3 is 10.5 Å². The molecule has 0 amide bonds. The van der Waals surface area contributed by atoms with Crippen molar-refractivity contribution < 1.29 is 4.74 Å². The molecule has 1 aliphatic rings. The summed E-state index contributed by atoms with van der Waals surface area (Å²) in [7, 11) is 0. The average molecular weight is 248 g/mol. The van der Waals surface area contributed by atoms with Crippen LogP contribution in [0.25, 0.3) is 0 Å². The van der Waals surface area contributed by atoms with Gasteiger partial charge in [0.05, 0.1) is 0 Å². The van der Waals surface area contributed by atoms with Crippen LogP contribution < -0.4 is 10.5 Å². The zero-order chi connectivity index (χ0) is 13.0. The quantitative estimate of drug-likeness (QED) is 0.887. The van der Waals surface area contributed by atoms with Crippen molar-refractivity contribution in [1.82, 2.24) is 4.98 Å². The van der Waals surface area contributed by atoms with Gasteiger partial charge in [-0.3, -0.25) is 0 Å². The Balaban J connectivity index is 1.98. The Morgan fingerprint density at radius 2 is 2.33 bits per heavy atom. The second-order valence-corrected chi connectivity index (χ2v) is 5.40. The summed E-state index contributed by atoms with van der Waals surface area (Å²) in [6.45, 7) is 4.24. The standard InChI is InChI=1S/C15H24N2O/c1-3-12-5-4-6-14(9-12)18-15-10-13(11(2)16)7-8-17-15/h7-8,10-12,14H,3-6,9,16H2,1-2H3. The van der Waals surface area contributed by atoms with Crippen molar-refractivity contribution in [2.24, 2.45) is 11.7 Å². The van der Waals surface area contributed by atoms with Crippen LogP contribution in [-0.4, -0.2) is 11.1 Å². The first-order chi connectivity index (χ1) is 8.69. The fourth-order valence-electron chi connectivity index (χ4n) is 2.66. The maximum absolute atomic E-state index is 6.01. The first-order valence-corrected chi connectivity index (χ1v) is 7.07. The largest absolute Gasteiger partial charge is 0.474 e. The maximum atomic E-state index is 6.01. The number of ether oxygens (including phenoxy) is 1. The van der Waals surface area contributed by atoms with E-state index >= 15 is 0 Å². The lowest BCUT2D eigenvalue weighted by atomic mass is 9.85. The average Bonchev–Trinajstić information content (AvgIpc) is 2.39. The van der Waals surface area contributed by atoms with Gasteiger partial charge >= 0.3 is 0 Å². The van der Waals surface area contributed by atoms with E-state index in [1.807, 2.05) is 19.1 Å². The van der Waals surface area contributed by atoms with Gasteiger partial charge in [0.15, 0.2) is 0 Å². The molecule has 2 rings (SSSR count). The summed E-state index contributed by atoms with van der Waals surface area (Å²) in [4.78, 5) is 4.29. The van der Waals surface area contributed by atoms with Crippen molar-refractivity contribution in [3.8, 4) is 5.88 Å². The predicted octanol–water partition coefficient (Wildman–Crippen LogP) is 3.45. The molecule has 0 aromatic carbocycles. The fraction of sp³-hybridized carbons (Fsp3) is 0.667. The molecule has 3 heteroatoms. The Bertz CT molecular complexity index is 379. The summed E-state index contributed by atoms with van der Waals surface area (Å²) in [5.74, 6) is 1.55. The molecule has 2 N–H and O–H groups in total. The van der Waals surface area contributed by atoms with Crippen LogP contribution in [0.5, 0.6) is 5.88 Å². The molecular weight excluding hydrogens is 224 g/mol. The molecule has 3 atom stereocenters. The minimum absolute atomic E-state index is 0.0325. The summed E-state index contributed by atoms with van der Waals surface area (Å²) >= 11 is 0. The highest BCUT2D eigenvalue weighted by atomic mass is 16.5. The minimum atomic E-state index is 0.0325. The van der Waals surface area contributed by atoms with E-state index in [1.54, 1.807) is 6.20 Å². The fourth-order valence-corrected chi connectivity index (χ4v) is 2.66. The molecule has 0 aliphatic heterocycles. The van der Waals surface area contributed by atoms with Crippen molar-refractivity contribution in [2.45, 2.75) is 58.1 Å². The Morgan fingerprint density at radius 1 is 1.50 bits per heavy atom. The van der Waals surface area contributed by atoms with Crippen LogP contribution in [0.15, 0.2) is 18.3 Å². The predicted molar refractivity (Wildman–Crippen MR) is 73.5 cm³/mol. The van der Waals surface area contributed by atoms with Gasteiger partial charge in [-0.15, -0.1) is 0 Å². The van der Waals surface area contributed by atoms with Crippen LogP contribution in [-0.2, 0) is 0 Å². The molecule has 3 unspecified atom stereocenters. The summed E-state index contributed by atoms with van der Waals surface area (Å²) in [5, 5.41) is 0. The third-order valence-electron chi connectivity index (χ3n) is 3.88. The van der Waals surface area contributed by atoms with Gasteiger partial charge in [-0.2, -0.15) is 0 Å². The SMILES string of the molecule is CCC1CCCC(Oc2cc(C(C)N)ccn2)C1. The first-order valence-electron chi connectivity index (χ1n) is 7.07. The van der Waals surface area contributed by atoms with Crippen molar-refractivity contribution in [3.05, 3.63) is 23.9 Å². The van der Waals surface area contributed by atoms with E-state index in [1.165, 1.54) is 25.7 Å². The van der Waals surface area contributed by atoms with Crippen LogP contribution in [0.4, 0.5) is 0 Å². The van der Waals surface area contributed by atoms with Crippen molar-refractivity contribution in [3.63, 3.8) is 0 Å². The highest BCUT2D eigenvalue weighted by molar-refractivity contribution is 5.23. The molecule has 3 nitrogen and oxygen atoms in total. The second kappa shape index (κ2) is 6.19. The van der Waals surface area contributed by atoms with E-state index in [0.29, 0.717) is 6.10 Å². The summed E-state index contributed by atoms with van der Waals surface area (Å²) in [6, 6.07) is 3.96. The lowest BCUT2D eigenvalue weighted by Crippen LogP contribution is -2.25. The number of rotatable bonds is 4. The third-order valence-corrected chi connectivity index (χ3v) is 3.88. The lowest BCUT2D eigenvalue weighted by Gasteiger charge is -2.28. The van der Waals surface area contributed by atoms with E-state index in [4.69, 9.17) is 10.5 Å². The molecule has 1 aromatic heterocycles. The number of hydrogen-bond donors (Lipinski definition) is 1. The Labute approximate surface area is 110 Å². The molecule has 0 radical (unpaired) electrons. The van der Waals surface area contributed by atoms with Gasteiger partial charge in [0.1, 0.15) is 6.10 Å². The number of nitrogens with two attached hydrogens (primary N) is 1. The number of nitrogens with zero attached hydrogens (tertiary/aromatic N) is 1. The van der Waals surface area contributed by atoms with Crippen LogP contribution in [0.1, 0.15) is 57.6 Å². The van der Waals surface area contributed by atoms with Gasteiger partial charge in [-0.25, -0.2) is 4.98 Å². The number of pyridine rings is 1. The molecule has 18 heavy (non-hydrogen) atoms. The van der Waals surface area contributed by atoms with E-state index in [9.17, 15) is 0 Å². The number of aromatic nitrogens is 1. The third kappa shape index (κ3) is 3.45. The Morgan fingerprint density at radius 3 is 3.06 bits per heavy atom. The molecule has 0 spiro atoms. The van der Waals surface area contributed by atoms with Crippen LogP contribution in [0.2, 0.25) is 0 Å². The van der Waals surface area contributed by atoms with Crippen molar-refractivity contribution in [2.75, 3.05) is 0 Å². The van der Waals surface area contributed by atoms with Gasteiger partial charge in [-0.05, 0) is 43.7 Å². The highest BCUT2D eigenvalue weighted by Crippen LogP contribution is 2.29. The molecule has 1 fully saturated rings. The summed E-state index contributed by atoms with van der Waals surface area (Å²) in [6.07, 6.45) is 8.32. The van der Waals surface area contributed by atoms with Gasteiger partial charge in [0.2, 0.25) is 5.88 Å². The minimum Gasteiger partial charge on any atom is -0.474 e. The van der Waals surface area contributed by atoms with E-state index in [-0.39, 0.29) is 6.04 Å². The summed E-state index contributed by atoms with van der Waals surface area (Å²) in [5.41, 5.74) is 6.96. The van der Waals surface area contributed by atoms with Crippen LogP contribution >= 0.6 is 0 Å². The van der Waals surface area contributed by atoms with Gasteiger partial charge in [-0.1, -0.05) is 19.8 Å². The number of hydrogen-bond acceptors (Lipinski definition) is 3. The Kier molecular flexibility index (Phi) is 4.59. The smallest absolute Gasteiger partial charge is 0.213 e. The van der Waals surface area contributed by atoms with Gasteiger partial charge in [0, 0.05) is 18.3 Å². The topological polar surface area (TPSA) is 48.1 Å². The van der Waals surface area contributed by atoms with E-state index < -0.39 is 0 Å². The van der Waals surface area contributed by atoms with Crippen LogP contribution in [0.3, 0.4) is 0 Å². The molecular formula is C15H24N2O. The second-order valence-electron chi connectivity index (χ2n) is 5.40. The zero-order valence-electron chi connectivity index (χ0n) is 11.4. The molecule has 1 aliphatic carbocycles. The zero-order valence-corrected chi connectivity index (χ0v) is 11.4. The normalized spacial score (nSPS) is 25.7. The molecule has 1 aromatic rings. The molecule has 0 saturated heterocycles. The van der Waals surface area contributed by atoms with E-state index in [0.717, 1.165) is 23.8 Å². The molecule has 100 valence electrons. The van der Waals surface area contributed by atoms with Gasteiger partial charge in [0.25, 0.3) is 0 Å². The van der Waals surface area contributed by atoms with Crippen molar-refractivity contribution >= 4 is 0 Å².